The summed E-state index contributed by atoms with van der Waals surface area (Å²) < 4.78 is 19.3. The smallest absolute Gasteiger partial charge is 0.128 e. The van der Waals surface area contributed by atoms with Gasteiger partial charge >= 0.3 is 0 Å². The predicted molar refractivity (Wildman–Crippen MR) is 100 cm³/mol. The number of nitrogens with two attached hydrogens (primary N) is 1. The van der Waals surface area contributed by atoms with Crippen LogP contribution in [0.4, 0.5) is 4.39 Å². The van der Waals surface area contributed by atoms with Crippen LogP contribution in [-0.4, -0.2) is 46.5 Å². The van der Waals surface area contributed by atoms with Gasteiger partial charge in [0.25, 0.3) is 0 Å². The lowest BCUT2D eigenvalue weighted by Gasteiger charge is -2.26. The molecule has 1 fully saturated rings. The number of fused-ring (bicyclic) bond motifs is 1. The van der Waals surface area contributed by atoms with Gasteiger partial charge in [0.05, 0.1) is 17.9 Å². The van der Waals surface area contributed by atoms with Crippen LogP contribution in [0.3, 0.4) is 0 Å². The lowest BCUT2D eigenvalue weighted by Crippen LogP contribution is -2.39. The Balaban J connectivity index is 1.55. The van der Waals surface area contributed by atoms with Gasteiger partial charge < -0.3 is 20.7 Å². The number of nitrogens with zero attached hydrogens (tertiary/aromatic N) is 2. The number of ether oxygens (including phenoxy) is 1. The number of allylic oxidation sites excluding steroid dienone is 2. The molecule has 0 radical (unpaired) electrons. The molecule has 27 heavy (non-hydrogen) atoms. The van der Waals surface area contributed by atoms with Gasteiger partial charge in [-0.2, -0.15) is 0 Å². The fourth-order valence-corrected chi connectivity index (χ4v) is 4.00. The van der Waals surface area contributed by atoms with Crippen LogP contribution in [0.15, 0.2) is 51.6 Å². The maximum Gasteiger partial charge on any atom is 0.128 e. The molecule has 142 valence electrons. The summed E-state index contributed by atoms with van der Waals surface area (Å²) in [5.74, 6) is -0.310. The van der Waals surface area contributed by atoms with E-state index < -0.39 is 24.1 Å². The lowest BCUT2D eigenvalue weighted by atomic mass is 9.86. The van der Waals surface area contributed by atoms with Crippen LogP contribution in [0, 0.1) is 11.7 Å². The van der Waals surface area contributed by atoms with E-state index in [0.717, 1.165) is 16.9 Å². The molecule has 2 heterocycles. The molecule has 4 N–H and O–H groups in total. The molecule has 1 saturated carbocycles. The van der Waals surface area contributed by atoms with Gasteiger partial charge in [0.15, 0.2) is 0 Å². The summed E-state index contributed by atoms with van der Waals surface area (Å²) in [5.41, 5.74) is 9.04. The molecular weight excluding hydrogens is 349 g/mol. The van der Waals surface area contributed by atoms with E-state index in [1.807, 2.05) is 13.0 Å². The van der Waals surface area contributed by atoms with Crippen molar-refractivity contribution < 1.29 is 19.3 Å². The van der Waals surface area contributed by atoms with Crippen molar-refractivity contribution in [1.82, 2.24) is 0 Å². The monoisotopic (exact) mass is 371 g/mol. The molecule has 5 atom stereocenters. The van der Waals surface area contributed by atoms with Gasteiger partial charge in [0.2, 0.25) is 0 Å². The number of aliphatic hydroxyl groups excluding tert-OH is 2. The van der Waals surface area contributed by atoms with E-state index in [2.05, 4.69) is 9.98 Å². The molecule has 1 aromatic rings. The second-order valence-electron chi connectivity index (χ2n) is 7.14. The number of benzene rings is 1. The maximum atomic E-state index is 13.4. The topological polar surface area (TPSA) is 100 Å². The first-order valence-corrected chi connectivity index (χ1v) is 8.99. The van der Waals surface area contributed by atoms with Crippen LogP contribution >= 0.6 is 0 Å². The molecule has 0 amide bonds. The van der Waals surface area contributed by atoms with Gasteiger partial charge in [0, 0.05) is 36.0 Å². The number of hydrogen-bond donors (Lipinski definition) is 3. The van der Waals surface area contributed by atoms with Crippen LogP contribution in [-0.2, 0) is 6.54 Å². The standard InChI is InChI=1S/C20H22FN3O3/c1-10-9-24-18(17-13(10)4-5-23-17)14-7-16(20(26)19(14)25)27-15-3-2-12(21)6-11(15)8-22/h2-6,9,14,16,18-20,25-26H,7-8,22H2,1H3/t14-,16+,18?,19+,20-/m1/s1. The molecule has 1 unspecified atom stereocenters. The van der Waals surface area contributed by atoms with Crippen LogP contribution in [0.2, 0.25) is 0 Å². The van der Waals surface area contributed by atoms with Gasteiger partial charge in [-0.1, -0.05) is 0 Å². The van der Waals surface area contributed by atoms with Crippen molar-refractivity contribution in [2.75, 3.05) is 0 Å². The SMILES string of the molecule is CC1=C2C=CN=C2C([C@H]2C[C@H](Oc3ccc(F)cc3CN)[C@@H](O)[C@H]2O)N=C1. The summed E-state index contributed by atoms with van der Waals surface area (Å²) in [6.07, 6.45) is 3.13. The molecule has 0 bridgehead atoms. The summed E-state index contributed by atoms with van der Waals surface area (Å²) >= 11 is 0. The Bertz CT molecular complexity index is 877. The molecule has 7 heteroatoms. The fourth-order valence-electron chi connectivity index (χ4n) is 4.00. The van der Waals surface area contributed by atoms with E-state index in [-0.39, 0.29) is 18.5 Å². The Morgan fingerprint density at radius 3 is 2.89 bits per heavy atom. The van der Waals surface area contributed by atoms with E-state index in [1.54, 1.807) is 12.4 Å². The number of halogens is 1. The quantitative estimate of drug-likeness (QED) is 0.747. The second kappa shape index (κ2) is 6.99. The van der Waals surface area contributed by atoms with Gasteiger partial charge in [0.1, 0.15) is 23.8 Å². The predicted octanol–water partition coefficient (Wildman–Crippen LogP) is 1.51. The van der Waals surface area contributed by atoms with Crippen molar-refractivity contribution in [1.29, 1.82) is 0 Å². The molecule has 1 aliphatic carbocycles. The highest BCUT2D eigenvalue weighted by Crippen LogP contribution is 2.37. The zero-order valence-corrected chi connectivity index (χ0v) is 14.9. The van der Waals surface area contributed by atoms with Crippen LogP contribution in [0.1, 0.15) is 18.9 Å². The highest BCUT2D eigenvalue weighted by Gasteiger charge is 2.48. The van der Waals surface area contributed by atoms with Crippen LogP contribution in [0.25, 0.3) is 0 Å². The molecule has 3 aliphatic rings. The van der Waals surface area contributed by atoms with Crippen molar-refractivity contribution in [2.24, 2.45) is 21.6 Å². The van der Waals surface area contributed by atoms with Crippen LogP contribution in [0.5, 0.6) is 5.75 Å². The lowest BCUT2D eigenvalue weighted by molar-refractivity contribution is -0.0187. The van der Waals surface area contributed by atoms with Crippen molar-refractivity contribution in [3.63, 3.8) is 0 Å². The van der Waals surface area contributed by atoms with E-state index >= 15 is 0 Å². The molecule has 2 aliphatic heterocycles. The van der Waals surface area contributed by atoms with E-state index in [1.165, 1.54) is 18.2 Å². The molecule has 0 spiro atoms. The minimum absolute atomic E-state index is 0.116. The zero-order valence-electron chi connectivity index (χ0n) is 14.9. The highest BCUT2D eigenvalue weighted by molar-refractivity contribution is 6.14. The molecule has 0 saturated heterocycles. The summed E-state index contributed by atoms with van der Waals surface area (Å²) in [5, 5.41) is 21.2. The summed E-state index contributed by atoms with van der Waals surface area (Å²) in [6, 6.07) is 3.76. The molecule has 1 aromatic carbocycles. The number of rotatable bonds is 4. The van der Waals surface area contributed by atoms with Crippen molar-refractivity contribution in [3.8, 4) is 5.75 Å². The first kappa shape index (κ1) is 18.0. The average molecular weight is 371 g/mol. The molecule has 6 nitrogen and oxygen atoms in total. The van der Waals surface area contributed by atoms with Crippen molar-refractivity contribution in [2.45, 2.75) is 44.2 Å². The Hall–Kier alpha value is -2.35. The normalized spacial score (nSPS) is 32.0. The highest BCUT2D eigenvalue weighted by atomic mass is 19.1. The third kappa shape index (κ3) is 3.12. The molecule has 0 aromatic heterocycles. The van der Waals surface area contributed by atoms with Gasteiger partial charge in [-0.3, -0.25) is 9.98 Å². The number of aliphatic imine (C=N–C) groups is 2. The Kier molecular flexibility index (Phi) is 4.67. The van der Waals surface area contributed by atoms with Crippen molar-refractivity contribution in [3.05, 3.63) is 53.0 Å². The zero-order chi connectivity index (χ0) is 19.1. The van der Waals surface area contributed by atoms with Gasteiger partial charge in [-0.05, 0) is 43.2 Å². The summed E-state index contributed by atoms with van der Waals surface area (Å²) in [6.45, 7) is 2.08. The first-order chi connectivity index (χ1) is 13.0. The first-order valence-electron chi connectivity index (χ1n) is 8.99. The van der Waals surface area contributed by atoms with Gasteiger partial charge in [-0.15, -0.1) is 0 Å². The Morgan fingerprint density at radius 1 is 1.30 bits per heavy atom. The largest absolute Gasteiger partial charge is 0.487 e. The number of dihydropyridines is 1. The van der Waals surface area contributed by atoms with Crippen molar-refractivity contribution >= 4 is 11.9 Å². The van der Waals surface area contributed by atoms with E-state index in [9.17, 15) is 14.6 Å². The summed E-state index contributed by atoms with van der Waals surface area (Å²) in [4.78, 5) is 8.97. The van der Waals surface area contributed by atoms with Gasteiger partial charge in [-0.25, -0.2) is 4.39 Å². The average Bonchev–Trinajstić information content (AvgIpc) is 3.25. The minimum atomic E-state index is -1.08. The van der Waals surface area contributed by atoms with E-state index in [4.69, 9.17) is 10.5 Å². The third-order valence-corrected chi connectivity index (χ3v) is 5.46. The Labute approximate surface area is 156 Å². The number of hydrogen-bond acceptors (Lipinski definition) is 6. The second-order valence-corrected chi connectivity index (χ2v) is 7.14. The Morgan fingerprint density at radius 2 is 2.11 bits per heavy atom. The van der Waals surface area contributed by atoms with Crippen LogP contribution < -0.4 is 10.5 Å². The van der Waals surface area contributed by atoms with E-state index in [0.29, 0.717) is 17.7 Å². The molecular formula is C20H22FN3O3. The summed E-state index contributed by atoms with van der Waals surface area (Å²) in [7, 11) is 0. The fraction of sp³-hybridized carbons (Fsp3) is 0.400. The maximum absolute atomic E-state index is 13.4. The third-order valence-electron chi connectivity index (χ3n) is 5.46. The molecule has 4 rings (SSSR count). The minimum Gasteiger partial charge on any atom is -0.487 e. The number of aliphatic hydroxyl groups is 2.